The number of benzene rings is 3. The van der Waals surface area contributed by atoms with Crippen molar-refractivity contribution in [2.24, 2.45) is 0 Å². The number of hydrogen-bond acceptors (Lipinski definition) is 2. The highest BCUT2D eigenvalue weighted by Gasteiger charge is 2.21. The van der Waals surface area contributed by atoms with Crippen LogP contribution in [-0.2, 0) is 6.42 Å². The first-order valence-corrected chi connectivity index (χ1v) is 9.35. The fourth-order valence-corrected chi connectivity index (χ4v) is 3.92. The third-order valence-corrected chi connectivity index (χ3v) is 5.27. The van der Waals surface area contributed by atoms with Gasteiger partial charge in [-0.3, -0.25) is 0 Å². The zero-order chi connectivity index (χ0) is 17.8. The van der Waals surface area contributed by atoms with Gasteiger partial charge in [-0.05, 0) is 53.6 Å². The quantitative estimate of drug-likeness (QED) is 0.683. The molecule has 26 heavy (non-hydrogen) atoms. The van der Waals surface area contributed by atoms with Gasteiger partial charge in [0.1, 0.15) is 11.9 Å². The van der Waals surface area contributed by atoms with Gasteiger partial charge in [-0.1, -0.05) is 66.7 Å². The average molecular weight is 344 g/mol. The number of aryl methyl sites for hydroxylation is 1. The molecule has 0 saturated heterocycles. The third kappa shape index (κ3) is 3.51. The highest BCUT2D eigenvalue weighted by Crippen LogP contribution is 2.37. The van der Waals surface area contributed by atoms with E-state index in [2.05, 4.69) is 36.4 Å². The second kappa shape index (κ2) is 7.76. The van der Waals surface area contributed by atoms with Gasteiger partial charge in [-0.25, -0.2) is 0 Å². The van der Waals surface area contributed by atoms with Crippen molar-refractivity contribution < 1.29 is 9.84 Å². The molecule has 1 aliphatic carbocycles. The summed E-state index contributed by atoms with van der Waals surface area (Å²) in [6.45, 7) is -0.0399. The maximum Gasteiger partial charge on any atom is 0.147 e. The van der Waals surface area contributed by atoms with Gasteiger partial charge in [0.05, 0.1) is 6.61 Å². The van der Waals surface area contributed by atoms with Gasteiger partial charge in [0.25, 0.3) is 0 Å². The van der Waals surface area contributed by atoms with Crippen molar-refractivity contribution in [3.05, 3.63) is 101 Å². The first kappa shape index (κ1) is 16.9. The van der Waals surface area contributed by atoms with E-state index in [4.69, 9.17) is 4.74 Å². The van der Waals surface area contributed by atoms with Gasteiger partial charge in [0.2, 0.25) is 0 Å². The Bertz CT molecular complexity index is 840. The Morgan fingerprint density at radius 2 is 1.62 bits per heavy atom. The molecule has 2 nitrogen and oxygen atoms in total. The van der Waals surface area contributed by atoms with Crippen LogP contribution < -0.4 is 4.74 Å². The molecular weight excluding hydrogens is 320 g/mol. The molecule has 2 heteroatoms. The molecule has 0 radical (unpaired) electrons. The summed E-state index contributed by atoms with van der Waals surface area (Å²) in [7, 11) is 0. The lowest BCUT2D eigenvalue weighted by Gasteiger charge is -2.26. The number of fused-ring (bicyclic) bond motifs is 1. The smallest absolute Gasteiger partial charge is 0.147 e. The standard InChI is InChI=1S/C24H24O2/c25-17-24(20-8-2-1-3-9-20)26-21-15-13-19(14-16-21)23-12-6-10-18-7-4-5-11-22(18)23/h1-5,7-9,11,13-16,23-25H,6,10,12,17H2. The van der Waals surface area contributed by atoms with E-state index in [0.717, 1.165) is 11.3 Å². The van der Waals surface area contributed by atoms with Crippen molar-refractivity contribution in [2.45, 2.75) is 31.3 Å². The Hall–Kier alpha value is -2.58. The summed E-state index contributed by atoms with van der Waals surface area (Å²) in [4.78, 5) is 0. The SMILES string of the molecule is OCC(Oc1ccc(C2CCCc3ccccc32)cc1)c1ccccc1. The molecule has 1 aliphatic rings. The summed E-state index contributed by atoms with van der Waals surface area (Å²) in [5.41, 5.74) is 5.27. The van der Waals surface area contributed by atoms with Crippen molar-refractivity contribution >= 4 is 0 Å². The van der Waals surface area contributed by atoms with Crippen LogP contribution in [0, 0.1) is 0 Å². The van der Waals surface area contributed by atoms with Crippen LogP contribution in [0.3, 0.4) is 0 Å². The molecule has 0 aromatic heterocycles. The summed E-state index contributed by atoms with van der Waals surface area (Å²) in [5.74, 6) is 1.26. The molecule has 2 atom stereocenters. The lowest BCUT2D eigenvalue weighted by molar-refractivity contribution is 0.116. The minimum absolute atomic E-state index is 0.0399. The maximum atomic E-state index is 9.68. The second-order valence-electron chi connectivity index (χ2n) is 6.91. The summed E-state index contributed by atoms with van der Waals surface area (Å²) < 4.78 is 6.01. The molecule has 132 valence electrons. The number of aliphatic hydroxyl groups is 1. The van der Waals surface area contributed by atoms with E-state index in [1.165, 1.54) is 36.0 Å². The van der Waals surface area contributed by atoms with E-state index in [-0.39, 0.29) is 12.7 Å². The van der Waals surface area contributed by atoms with Crippen LogP contribution in [0.15, 0.2) is 78.9 Å². The molecule has 0 aliphatic heterocycles. The molecule has 3 aromatic carbocycles. The predicted octanol–water partition coefficient (Wildman–Crippen LogP) is 5.27. The first-order chi connectivity index (χ1) is 12.8. The van der Waals surface area contributed by atoms with E-state index in [1.54, 1.807) is 0 Å². The molecule has 2 unspecified atom stereocenters. The first-order valence-electron chi connectivity index (χ1n) is 9.35. The van der Waals surface area contributed by atoms with Crippen molar-refractivity contribution in [1.82, 2.24) is 0 Å². The summed E-state index contributed by atoms with van der Waals surface area (Å²) in [6.07, 6.45) is 3.28. The Morgan fingerprint density at radius 1 is 0.885 bits per heavy atom. The van der Waals surface area contributed by atoms with Gasteiger partial charge in [-0.2, -0.15) is 0 Å². The summed E-state index contributed by atoms with van der Waals surface area (Å²) in [6, 6.07) is 27.0. The monoisotopic (exact) mass is 344 g/mol. The van der Waals surface area contributed by atoms with Crippen LogP contribution in [0.5, 0.6) is 5.75 Å². The molecule has 0 saturated carbocycles. The van der Waals surface area contributed by atoms with E-state index in [1.807, 2.05) is 42.5 Å². The van der Waals surface area contributed by atoms with Gasteiger partial charge in [-0.15, -0.1) is 0 Å². The largest absolute Gasteiger partial charge is 0.483 e. The molecule has 4 rings (SSSR count). The van der Waals surface area contributed by atoms with Crippen LogP contribution >= 0.6 is 0 Å². The summed E-state index contributed by atoms with van der Waals surface area (Å²) >= 11 is 0. The lowest BCUT2D eigenvalue weighted by Crippen LogP contribution is -2.12. The zero-order valence-electron chi connectivity index (χ0n) is 14.8. The van der Waals surface area contributed by atoms with E-state index in [9.17, 15) is 5.11 Å². The zero-order valence-corrected chi connectivity index (χ0v) is 14.8. The normalized spacial score (nSPS) is 17.3. The number of aliphatic hydroxyl groups excluding tert-OH is 1. The topological polar surface area (TPSA) is 29.5 Å². The Balaban J connectivity index is 1.53. The van der Waals surface area contributed by atoms with E-state index >= 15 is 0 Å². The minimum Gasteiger partial charge on any atom is -0.483 e. The molecule has 0 fully saturated rings. The van der Waals surface area contributed by atoms with Crippen molar-refractivity contribution in [3.63, 3.8) is 0 Å². The van der Waals surface area contributed by atoms with Crippen LogP contribution in [-0.4, -0.2) is 11.7 Å². The molecule has 0 bridgehead atoms. The Morgan fingerprint density at radius 3 is 2.38 bits per heavy atom. The van der Waals surface area contributed by atoms with Gasteiger partial charge < -0.3 is 9.84 Å². The second-order valence-corrected chi connectivity index (χ2v) is 6.91. The molecular formula is C24H24O2. The molecule has 0 heterocycles. The van der Waals surface area contributed by atoms with Crippen LogP contribution in [0.2, 0.25) is 0 Å². The van der Waals surface area contributed by atoms with E-state index < -0.39 is 0 Å². The van der Waals surface area contributed by atoms with Crippen molar-refractivity contribution in [3.8, 4) is 5.75 Å². The van der Waals surface area contributed by atoms with Crippen LogP contribution in [0.25, 0.3) is 0 Å². The van der Waals surface area contributed by atoms with Crippen LogP contribution in [0.4, 0.5) is 0 Å². The van der Waals surface area contributed by atoms with Gasteiger partial charge in [0, 0.05) is 5.92 Å². The molecule has 3 aromatic rings. The van der Waals surface area contributed by atoms with Gasteiger partial charge >= 0.3 is 0 Å². The molecule has 0 spiro atoms. The minimum atomic E-state index is -0.336. The van der Waals surface area contributed by atoms with E-state index in [0.29, 0.717) is 5.92 Å². The highest BCUT2D eigenvalue weighted by atomic mass is 16.5. The van der Waals surface area contributed by atoms with Gasteiger partial charge in [0.15, 0.2) is 0 Å². The number of hydrogen-bond donors (Lipinski definition) is 1. The fraction of sp³-hybridized carbons (Fsp3) is 0.250. The Labute approximate surface area is 155 Å². The molecule has 0 amide bonds. The summed E-state index contributed by atoms with van der Waals surface area (Å²) in [5, 5.41) is 9.68. The third-order valence-electron chi connectivity index (χ3n) is 5.27. The number of rotatable bonds is 5. The maximum absolute atomic E-state index is 9.68. The highest BCUT2D eigenvalue weighted by molar-refractivity contribution is 5.41. The Kier molecular flexibility index (Phi) is 5.03. The molecule has 1 N–H and O–H groups in total. The lowest BCUT2D eigenvalue weighted by atomic mass is 9.79. The van der Waals surface area contributed by atoms with Crippen molar-refractivity contribution in [2.75, 3.05) is 6.61 Å². The average Bonchev–Trinajstić information content (AvgIpc) is 2.73. The van der Waals surface area contributed by atoms with Crippen LogP contribution in [0.1, 0.15) is 47.1 Å². The van der Waals surface area contributed by atoms with Crippen molar-refractivity contribution in [1.29, 1.82) is 0 Å². The number of ether oxygens (including phenoxy) is 1. The predicted molar refractivity (Wildman–Crippen MR) is 105 cm³/mol. The fourth-order valence-electron chi connectivity index (χ4n) is 3.92.